The number of hydrogen-bond acceptors (Lipinski definition) is 1. The molecule has 74 valence electrons. The van der Waals surface area contributed by atoms with Crippen molar-refractivity contribution in [2.45, 2.75) is 39.2 Å². The third-order valence-electron chi connectivity index (χ3n) is 2.94. The van der Waals surface area contributed by atoms with Crippen LogP contribution in [0.3, 0.4) is 0 Å². The first-order valence-electron chi connectivity index (χ1n) is 5.06. The number of nitrogens with one attached hydrogen (secondary N) is 1. The lowest BCUT2D eigenvalue weighted by Crippen LogP contribution is -2.41. The molecule has 2 nitrogen and oxygen atoms in total. The SMILES string of the molecule is C=CC(=O)NC1CCC(C)CC1C. The molecule has 0 saturated heterocycles. The Labute approximate surface area is 80.4 Å². The molecule has 0 bridgehead atoms. The van der Waals surface area contributed by atoms with E-state index in [-0.39, 0.29) is 5.91 Å². The van der Waals surface area contributed by atoms with Gasteiger partial charge in [0.15, 0.2) is 0 Å². The van der Waals surface area contributed by atoms with Crippen LogP contribution in [0.1, 0.15) is 33.1 Å². The third-order valence-corrected chi connectivity index (χ3v) is 2.94. The highest BCUT2D eigenvalue weighted by molar-refractivity contribution is 5.87. The normalized spacial score (nSPS) is 33.8. The fourth-order valence-corrected chi connectivity index (χ4v) is 2.12. The van der Waals surface area contributed by atoms with Gasteiger partial charge < -0.3 is 5.32 Å². The van der Waals surface area contributed by atoms with Crippen molar-refractivity contribution in [3.8, 4) is 0 Å². The molecule has 1 fully saturated rings. The molecular formula is C11H19NO. The van der Waals surface area contributed by atoms with E-state index < -0.39 is 0 Å². The van der Waals surface area contributed by atoms with Crippen molar-refractivity contribution in [1.82, 2.24) is 5.32 Å². The van der Waals surface area contributed by atoms with Crippen LogP contribution in [-0.2, 0) is 4.79 Å². The summed E-state index contributed by atoms with van der Waals surface area (Å²) in [7, 11) is 0. The Hall–Kier alpha value is -0.790. The number of carbonyl (C=O) groups is 1. The number of rotatable bonds is 2. The van der Waals surface area contributed by atoms with E-state index >= 15 is 0 Å². The van der Waals surface area contributed by atoms with E-state index in [1.807, 2.05) is 0 Å². The smallest absolute Gasteiger partial charge is 0.243 e. The zero-order valence-corrected chi connectivity index (χ0v) is 8.55. The Kier molecular flexibility index (Phi) is 3.52. The van der Waals surface area contributed by atoms with Crippen LogP contribution in [-0.4, -0.2) is 11.9 Å². The predicted octanol–water partition coefficient (Wildman–Crippen LogP) is 2.11. The quantitative estimate of drug-likeness (QED) is 0.649. The highest BCUT2D eigenvalue weighted by atomic mass is 16.1. The third kappa shape index (κ3) is 2.87. The standard InChI is InChI=1S/C11H19NO/c1-4-11(13)12-10-6-5-8(2)7-9(10)3/h4,8-10H,1,5-7H2,2-3H3,(H,12,13). The molecule has 1 N–H and O–H groups in total. The van der Waals surface area contributed by atoms with Gasteiger partial charge in [-0.1, -0.05) is 20.4 Å². The van der Waals surface area contributed by atoms with E-state index in [2.05, 4.69) is 25.7 Å². The van der Waals surface area contributed by atoms with E-state index in [4.69, 9.17) is 0 Å². The van der Waals surface area contributed by atoms with Crippen molar-refractivity contribution in [3.05, 3.63) is 12.7 Å². The molecule has 0 heterocycles. The van der Waals surface area contributed by atoms with Gasteiger partial charge in [-0.15, -0.1) is 0 Å². The van der Waals surface area contributed by atoms with Gasteiger partial charge in [-0.3, -0.25) is 4.79 Å². The molecule has 0 aromatic heterocycles. The van der Waals surface area contributed by atoms with Gasteiger partial charge in [-0.05, 0) is 37.2 Å². The van der Waals surface area contributed by atoms with E-state index in [1.54, 1.807) is 0 Å². The molecule has 0 aromatic carbocycles. The molecule has 3 atom stereocenters. The largest absolute Gasteiger partial charge is 0.350 e. The van der Waals surface area contributed by atoms with Gasteiger partial charge in [-0.2, -0.15) is 0 Å². The van der Waals surface area contributed by atoms with Crippen LogP contribution in [0.5, 0.6) is 0 Å². The maximum absolute atomic E-state index is 11.1. The van der Waals surface area contributed by atoms with E-state index in [0.717, 1.165) is 12.3 Å². The van der Waals surface area contributed by atoms with E-state index in [9.17, 15) is 4.79 Å². The zero-order chi connectivity index (χ0) is 9.84. The molecular weight excluding hydrogens is 162 g/mol. The minimum Gasteiger partial charge on any atom is -0.350 e. The predicted molar refractivity (Wildman–Crippen MR) is 54.3 cm³/mol. The summed E-state index contributed by atoms with van der Waals surface area (Å²) in [5.74, 6) is 1.38. The minimum absolute atomic E-state index is 0.0357. The molecule has 1 rings (SSSR count). The lowest BCUT2D eigenvalue weighted by atomic mass is 9.80. The van der Waals surface area contributed by atoms with Gasteiger partial charge in [-0.25, -0.2) is 0 Å². The van der Waals surface area contributed by atoms with Crippen LogP contribution in [0.2, 0.25) is 0 Å². The van der Waals surface area contributed by atoms with Crippen LogP contribution >= 0.6 is 0 Å². The van der Waals surface area contributed by atoms with Crippen LogP contribution in [0.4, 0.5) is 0 Å². The molecule has 13 heavy (non-hydrogen) atoms. The molecule has 1 aliphatic carbocycles. The summed E-state index contributed by atoms with van der Waals surface area (Å²) in [6.45, 7) is 7.95. The summed E-state index contributed by atoms with van der Waals surface area (Å²) >= 11 is 0. The van der Waals surface area contributed by atoms with Gasteiger partial charge in [0.05, 0.1) is 0 Å². The highest BCUT2D eigenvalue weighted by Gasteiger charge is 2.25. The summed E-state index contributed by atoms with van der Waals surface area (Å²) < 4.78 is 0. The van der Waals surface area contributed by atoms with Gasteiger partial charge in [0.1, 0.15) is 0 Å². The van der Waals surface area contributed by atoms with Gasteiger partial charge in [0.2, 0.25) is 5.91 Å². The maximum Gasteiger partial charge on any atom is 0.243 e. The Morgan fingerprint density at radius 1 is 1.46 bits per heavy atom. The molecule has 0 spiro atoms. The molecule has 0 radical (unpaired) electrons. The molecule has 1 saturated carbocycles. The molecule has 1 aliphatic rings. The first-order valence-corrected chi connectivity index (χ1v) is 5.06. The lowest BCUT2D eigenvalue weighted by molar-refractivity contribution is -0.117. The van der Waals surface area contributed by atoms with Crippen LogP contribution < -0.4 is 5.32 Å². The van der Waals surface area contributed by atoms with E-state index in [1.165, 1.54) is 18.9 Å². The molecule has 1 amide bonds. The summed E-state index contributed by atoms with van der Waals surface area (Å²) in [6, 6.07) is 0.363. The summed E-state index contributed by atoms with van der Waals surface area (Å²) in [5, 5.41) is 2.98. The van der Waals surface area contributed by atoms with Crippen molar-refractivity contribution >= 4 is 5.91 Å². The average molecular weight is 181 g/mol. The average Bonchev–Trinajstić information content (AvgIpc) is 2.09. The van der Waals surface area contributed by atoms with Crippen molar-refractivity contribution in [2.75, 3.05) is 0 Å². The molecule has 2 heteroatoms. The lowest BCUT2D eigenvalue weighted by Gasteiger charge is -2.32. The topological polar surface area (TPSA) is 29.1 Å². The van der Waals surface area contributed by atoms with Crippen LogP contribution in [0, 0.1) is 11.8 Å². The van der Waals surface area contributed by atoms with Gasteiger partial charge in [0.25, 0.3) is 0 Å². The van der Waals surface area contributed by atoms with Crippen molar-refractivity contribution in [3.63, 3.8) is 0 Å². The summed E-state index contributed by atoms with van der Waals surface area (Å²) in [5.41, 5.74) is 0. The summed E-state index contributed by atoms with van der Waals surface area (Å²) in [4.78, 5) is 11.1. The number of hydrogen-bond donors (Lipinski definition) is 1. The van der Waals surface area contributed by atoms with E-state index in [0.29, 0.717) is 12.0 Å². The molecule has 0 aliphatic heterocycles. The van der Waals surface area contributed by atoms with Crippen LogP contribution in [0.15, 0.2) is 12.7 Å². The minimum atomic E-state index is -0.0357. The second-order valence-electron chi connectivity index (χ2n) is 4.21. The second kappa shape index (κ2) is 4.45. The zero-order valence-electron chi connectivity index (χ0n) is 8.55. The first-order chi connectivity index (χ1) is 6.13. The van der Waals surface area contributed by atoms with Gasteiger partial charge >= 0.3 is 0 Å². The second-order valence-corrected chi connectivity index (χ2v) is 4.21. The fourth-order valence-electron chi connectivity index (χ4n) is 2.12. The van der Waals surface area contributed by atoms with Crippen LogP contribution in [0.25, 0.3) is 0 Å². The summed E-state index contributed by atoms with van der Waals surface area (Å²) in [6.07, 6.45) is 4.92. The Balaban J connectivity index is 2.42. The first kappa shape index (κ1) is 10.3. The fraction of sp³-hybridized carbons (Fsp3) is 0.727. The Morgan fingerprint density at radius 3 is 2.69 bits per heavy atom. The van der Waals surface area contributed by atoms with Gasteiger partial charge in [0, 0.05) is 6.04 Å². The monoisotopic (exact) mass is 181 g/mol. The van der Waals surface area contributed by atoms with Crippen molar-refractivity contribution in [2.24, 2.45) is 11.8 Å². The van der Waals surface area contributed by atoms with Crippen molar-refractivity contribution in [1.29, 1.82) is 0 Å². The number of carbonyl (C=O) groups excluding carboxylic acids is 1. The van der Waals surface area contributed by atoms with Crippen molar-refractivity contribution < 1.29 is 4.79 Å². The number of amides is 1. The molecule has 0 aromatic rings. The highest BCUT2D eigenvalue weighted by Crippen LogP contribution is 2.28. The molecule has 3 unspecified atom stereocenters. The maximum atomic E-state index is 11.1. The Bertz CT molecular complexity index is 200. The Morgan fingerprint density at radius 2 is 2.15 bits per heavy atom.